The minimum Gasteiger partial charge on any atom is -0.458 e. The Kier molecular flexibility index (Phi) is 5.67. The van der Waals surface area contributed by atoms with Gasteiger partial charge in [-0.15, -0.1) is 0 Å². The first kappa shape index (κ1) is 25.0. The van der Waals surface area contributed by atoms with E-state index in [0.29, 0.717) is 0 Å². The van der Waals surface area contributed by atoms with Gasteiger partial charge in [-0.3, -0.25) is 0 Å². The van der Waals surface area contributed by atoms with E-state index < -0.39 is 0 Å². The monoisotopic (exact) mass is 558 g/mol. The summed E-state index contributed by atoms with van der Waals surface area (Å²) >= 11 is 0. The van der Waals surface area contributed by atoms with Crippen molar-refractivity contribution in [3.8, 4) is 67.1 Å². The number of para-hydroxylation sites is 2. The summed E-state index contributed by atoms with van der Waals surface area (Å²) in [4.78, 5) is 0. The molecule has 1 nitrogen and oxygen atoms in total. The highest BCUT2D eigenvalue weighted by Crippen LogP contribution is 2.48. The molecule has 1 heterocycles. The lowest BCUT2D eigenvalue weighted by Gasteiger charge is -2.32. The summed E-state index contributed by atoms with van der Waals surface area (Å²) in [5.41, 5.74) is 16.2. The molecule has 9 rings (SSSR count). The SMILES string of the molecule is c1ccc(-c2ccc3c(c2B2c4ccccc4Oc4ccccc42)-c2ccccc2-c2ccccc2-c2ccccc2-3)cc1. The Morgan fingerprint density at radius 3 is 1.30 bits per heavy atom. The van der Waals surface area contributed by atoms with Crippen LogP contribution in [-0.2, 0) is 0 Å². The first-order valence-corrected chi connectivity index (χ1v) is 15.2. The van der Waals surface area contributed by atoms with Crippen molar-refractivity contribution in [2.24, 2.45) is 0 Å². The molecule has 0 bridgehead atoms. The lowest BCUT2D eigenvalue weighted by atomic mass is 9.34. The fourth-order valence-electron chi connectivity index (χ4n) is 7.37. The first-order valence-electron chi connectivity index (χ1n) is 15.2. The third-order valence-corrected chi connectivity index (χ3v) is 9.22. The predicted molar refractivity (Wildman–Crippen MR) is 185 cm³/mol. The Morgan fingerprint density at radius 2 is 0.727 bits per heavy atom. The first-order chi connectivity index (χ1) is 21.9. The third-order valence-electron chi connectivity index (χ3n) is 9.22. The van der Waals surface area contributed by atoms with Crippen LogP contribution in [0, 0.1) is 0 Å². The highest BCUT2D eigenvalue weighted by molar-refractivity contribution is 6.98. The molecule has 44 heavy (non-hydrogen) atoms. The highest BCUT2D eigenvalue weighted by Gasteiger charge is 2.37. The fraction of sp³-hybridized carbons (Fsp3) is 0. The summed E-state index contributed by atoms with van der Waals surface area (Å²) in [5, 5.41) is 0. The Hall–Kier alpha value is -5.60. The van der Waals surface area contributed by atoms with E-state index in [1.54, 1.807) is 0 Å². The second-order valence-electron chi connectivity index (χ2n) is 11.6. The van der Waals surface area contributed by atoms with E-state index in [2.05, 4.69) is 164 Å². The Morgan fingerprint density at radius 1 is 0.318 bits per heavy atom. The van der Waals surface area contributed by atoms with Gasteiger partial charge >= 0.3 is 0 Å². The van der Waals surface area contributed by atoms with Gasteiger partial charge in [-0.25, -0.2) is 0 Å². The van der Waals surface area contributed by atoms with Crippen LogP contribution in [0.4, 0.5) is 0 Å². The number of benzene rings is 7. The molecule has 0 unspecified atom stereocenters. The van der Waals surface area contributed by atoms with Gasteiger partial charge in [0.05, 0.1) is 0 Å². The zero-order valence-electron chi connectivity index (χ0n) is 24.1. The lowest BCUT2D eigenvalue weighted by Crippen LogP contribution is -2.56. The maximum Gasteiger partial charge on any atom is 0.252 e. The zero-order valence-corrected chi connectivity index (χ0v) is 24.1. The average molecular weight is 558 g/mol. The molecule has 0 fully saturated rings. The van der Waals surface area contributed by atoms with Gasteiger partial charge in [-0.2, -0.15) is 0 Å². The molecule has 0 atom stereocenters. The fourth-order valence-corrected chi connectivity index (χ4v) is 7.37. The number of rotatable bonds is 2. The van der Waals surface area contributed by atoms with Crippen molar-refractivity contribution < 1.29 is 4.74 Å². The molecule has 0 N–H and O–H groups in total. The van der Waals surface area contributed by atoms with Crippen molar-refractivity contribution in [1.82, 2.24) is 0 Å². The van der Waals surface area contributed by atoms with Gasteiger partial charge < -0.3 is 4.74 Å². The zero-order chi connectivity index (χ0) is 29.0. The van der Waals surface area contributed by atoms with E-state index in [-0.39, 0.29) is 6.71 Å². The van der Waals surface area contributed by atoms with E-state index in [9.17, 15) is 0 Å². The Labute approximate surface area is 258 Å². The number of fused-ring (bicyclic) bond motifs is 10. The van der Waals surface area contributed by atoms with Crippen LogP contribution >= 0.6 is 0 Å². The molecule has 1 aliphatic heterocycles. The van der Waals surface area contributed by atoms with Gasteiger partial charge in [0.15, 0.2) is 0 Å². The summed E-state index contributed by atoms with van der Waals surface area (Å²) < 4.78 is 6.54. The number of hydrogen-bond acceptors (Lipinski definition) is 1. The van der Waals surface area contributed by atoms with Crippen molar-refractivity contribution in [3.63, 3.8) is 0 Å². The van der Waals surface area contributed by atoms with Crippen LogP contribution in [-0.4, -0.2) is 6.71 Å². The van der Waals surface area contributed by atoms with Gasteiger partial charge in [0.2, 0.25) is 0 Å². The molecule has 0 radical (unpaired) electrons. The summed E-state index contributed by atoms with van der Waals surface area (Å²) in [5.74, 6) is 1.83. The second kappa shape index (κ2) is 10.0. The standard InChI is InChI=1S/C42H27BO/c1-2-14-28(15-3-1)29-26-27-36-34-20-7-6-18-32(34)30-16-4-5-17-31(30)33-19-8-9-21-35(33)41(36)42(29)43-37-22-10-12-24-39(37)44-40-25-13-11-23-38(40)43/h1-27H. The molecular weight excluding hydrogens is 531 g/mol. The van der Waals surface area contributed by atoms with Crippen molar-refractivity contribution >= 4 is 23.1 Å². The van der Waals surface area contributed by atoms with Crippen LogP contribution in [0.15, 0.2) is 164 Å². The Bertz CT molecular complexity index is 2160. The largest absolute Gasteiger partial charge is 0.458 e. The van der Waals surface area contributed by atoms with Crippen LogP contribution in [0.1, 0.15) is 0 Å². The lowest BCUT2D eigenvalue weighted by molar-refractivity contribution is 0.487. The summed E-state index contributed by atoms with van der Waals surface area (Å²) in [6, 6.07) is 59.3. The molecule has 7 aromatic carbocycles. The molecule has 7 aromatic rings. The normalized spacial score (nSPS) is 12.2. The summed E-state index contributed by atoms with van der Waals surface area (Å²) in [6.45, 7) is -0.0313. The molecule has 2 aliphatic rings. The summed E-state index contributed by atoms with van der Waals surface area (Å²) in [7, 11) is 0. The molecule has 0 saturated carbocycles. The third kappa shape index (κ3) is 3.74. The molecule has 0 spiro atoms. The van der Waals surface area contributed by atoms with Crippen LogP contribution in [0.25, 0.3) is 55.6 Å². The van der Waals surface area contributed by atoms with E-state index in [1.807, 2.05) is 0 Å². The van der Waals surface area contributed by atoms with Gasteiger partial charge in [-0.05, 0) is 78.7 Å². The minimum atomic E-state index is -0.0313. The van der Waals surface area contributed by atoms with Crippen molar-refractivity contribution in [2.45, 2.75) is 0 Å². The van der Waals surface area contributed by atoms with Crippen molar-refractivity contribution in [2.75, 3.05) is 0 Å². The molecular formula is C42H27BO. The minimum absolute atomic E-state index is 0.0313. The second-order valence-corrected chi connectivity index (χ2v) is 11.6. The van der Waals surface area contributed by atoms with E-state index in [4.69, 9.17) is 4.74 Å². The molecule has 2 heteroatoms. The topological polar surface area (TPSA) is 9.23 Å². The smallest absolute Gasteiger partial charge is 0.252 e. The van der Waals surface area contributed by atoms with Gasteiger partial charge in [0.1, 0.15) is 11.5 Å². The maximum atomic E-state index is 6.54. The van der Waals surface area contributed by atoms with E-state index in [0.717, 1.165) is 11.5 Å². The van der Waals surface area contributed by atoms with Crippen LogP contribution in [0.3, 0.4) is 0 Å². The van der Waals surface area contributed by atoms with Gasteiger partial charge in [-0.1, -0.05) is 157 Å². The van der Waals surface area contributed by atoms with Crippen LogP contribution in [0.2, 0.25) is 0 Å². The van der Waals surface area contributed by atoms with E-state index >= 15 is 0 Å². The number of ether oxygens (including phenoxy) is 1. The molecule has 0 saturated heterocycles. The van der Waals surface area contributed by atoms with Crippen LogP contribution < -0.4 is 21.1 Å². The number of hydrogen-bond donors (Lipinski definition) is 0. The Balaban J connectivity index is 1.49. The highest BCUT2D eigenvalue weighted by atomic mass is 16.5. The quantitative estimate of drug-likeness (QED) is 0.193. The van der Waals surface area contributed by atoms with Gasteiger partial charge in [0, 0.05) is 0 Å². The van der Waals surface area contributed by atoms with Crippen LogP contribution in [0.5, 0.6) is 11.5 Å². The van der Waals surface area contributed by atoms with Gasteiger partial charge in [0.25, 0.3) is 6.71 Å². The molecule has 0 aromatic heterocycles. The maximum absolute atomic E-state index is 6.54. The average Bonchev–Trinajstić information content (AvgIpc) is 3.10. The molecule has 204 valence electrons. The van der Waals surface area contributed by atoms with E-state index in [1.165, 1.54) is 72.0 Å². The van der Waals surface area contributed by atoms with Crippen molar-refractivity contribution in [3.05, 3.63) is 164 Å². The van der Waals surface area contributed by atoms with Crippen molar-refractivity contribution in [1.29, 1.82) is 0 Å². The summed E-state index contributed by atoms with van der Waals surface area (Å²) in [6.07, 6.45) is 0. The molecule has 0 amide bonds. The molecule has 1 aliphatic carbocycles. The predicted octanol–water partition coefficient (Wildman–Crippen LogP) is 8.96.